The van der Waals surface area contributed by atoms with E-state index in [1.807, 2.05) is 42.5 Å². The second-order valence-corrected chi connectivity index (χ2v) is 4.65. The van der Waals surface area contributed by atoms with E-state index in [9.17, 15) is 4.79 Å². The van der Waals surface area contributed by atoms with Gasteiger partial charge in [-0.1, -0.05) is 48.5 Å². The molecule has 20 heavy (non-hydrogen) atoms. The zero-order chi connectivity index (χ0) is 14.2. The van der Waals surface area contributed by atoms with E-state index in [1.54, 1.807) is 0 Å². The largest absolute Gasteiger partial charge is 0.396 e. The molecule has 2 N–H and O–H groups in total. The van der Waals surface area contributed by atoms with Crippen LogP contribution in [-0.4, -0.2) is 24.2 Å². The molecule has 0 unspecified atom stereocenters. The first kappa shape index (κ1) is 14.3. The molecule has 2 aromatic carbocycles. The smallest absolute Gasteiger partial charge is 0.251 e. The molecule has 0 saturated carbocycles. The molecule has 0 aliphatic heterocycles. The number of rotatable bonds is 6. The number of aliphatic hydroxyl groups is 1. The van der Waals surface area contributed by atoms with Gasteiger partial charge in [0.1, 0.15) is 0 Å². The summed E-state index contributed by atoms with van der Waals surface area (Å²) in [5.74, 6) is -0.0787. The summed E-state index contributed by atoms with van der Waals surface area (Å²) >= 11 is 0. The third-order valence-corrected chi connectivity index (χ3v) is 3.12. The lowest BCUT2D eigenvalue weighted by atomic mass is 9.99. The second-order valence-electron chi connectivity index (χ2n) is 4.65. The fourth-order valence-corrected chi connectivity index (χ4v) is 2.09. The molecule has 0 aliphatic carbocycles. The number of nitrogens with one attached hydrogen (secondary N) is 1. The van der Waals surface area contributed by atoms with Crippen LogP contribution in [0.2, 0.25) is 0 Å². The molecule has 1 amide bonds. The van der Waals surface area contributed by atoms with E-state index < -0.39 is 0 Å². The molecule has 0 fully saturated rings. The summed E-state index contributed by atoms with van der Waals surface area (Å²) in [6.45, 7) is 0.584. The molecule has 0 aromatic heterocycles. The van der Waals surface area contributed by atoms with Crippen molar-refractivity contribution in [3.8, 4) is 0 Å². The Morgan fingerprint density at radius 1 is 1.00 bits per heavy atom. The summed E-state index contributed by atoms with van der Waals surface area (Å²) in [4.78, 5) is 12.1. The van der Waals surface area contributed by atoms with Crippen molar-refractivity contribution < 1.29 is 9.90 Å². The normalized spacial score (nSPS) is 10.2. The van der Waals surface area contributed by atoms with Crippen molar-refractivity contribution in [2.24, 2.45) is 0 Å². The van der Waals surface area contributed by atoms with Gasteiger partial charge in [-0.2, -0.15) is 0 Å². The van der Waals surface area contributed by atoms with Crippen LogP contribution in [-0.2, 0) is 6.42 Å². The SMILES string of the molecule is O=C(NCCCO)c1ccccc1Cc1ccccc1. The summed E-state index contributed by atoms with van der Waals surface area (Å²) in [5, 5.41) is 11.6. The van der Waals surface area contributed by atoms with Gasteiger partial charge in [0.25, 0.3) is 5.91 Å². The zero-order valence-corrected chi connectivity index (χ0v) is 11.4. The number of benzene rings is 2. The zero-order valence-electron chi connectivity index (χ0n) is 11.4. The van der Waals surface area contributed by atoms with Crippen LogP contribution in [0.15, 0.2) is 54.6 Å². The Morgan fingerprint density at radius 2 is 1.70 bits per heavy atom. The molecule has 2 aromatic rings. The van der Waals surface area contributed by atoms with Gasteiger partial charge in [0, 0.05) is 18.7 Å². The van der Waals surface area contributed by atoms with E-state index in [2.05, 4.69) is 17.4 Å². The van der Waals surface area contributed by atoms with Crippen molar-refractivity contribution in [2.45, 2.75) is 12.8 Å². The topological polar surface area (TPSA) is 49.3 Å². The van der Waals surface area contributed by atoms with Crippen molar-refractivity contribution in [1.82, 2.24) is 5.32 Å². The lowest BCUT2D eigenvalue weighted by Gasteiger charge is -2.10. The van der Waals surface area contributed by atoms with Crippen molar-refractivity contribution in [1.29, 1.82) is 0 Å². The van der Waals surface area contributed by atoms with Crippen LogP contribution in [0.25, 0.3) is 0 Å². The van der Waals surface area contributed by atoms with E-state index in [4.69, 9.17) is 5.11 Å². The third kappa shape index (κ3) is 3.93. The van der Waals surface area contributed by atoms with Crippen LogP contribution in [0.4, 0.5) is 0 Å². The molecular formula is C17H19NO2. The number of amides is 1. The standard InChI is InChI=1S/C17H19NO2/c19-12-6-11-18-17(20)16-10-5-4-9-15(16)13-14-7-2-1-3-8-14/h1-5,7-10,19H,6,11-13H2,(H,18,20). The predicted molar refractivity (Wildman–Crippen MR) is 79.7 cm³/mol. The van der Waals surface area contributed by atoms with Gasteiger partial charge in [0.15, 0.2) is 0 Å². The van der Waals surface area contributed by atoms with Crippen molar-refractivity contribution in [3.63, 3.8) is 0 Å². The first-order chi connectivity index (χ1) is 9.81. The maximum Gasteiger partial charge on any atom is 0.251 e. The fraction of sp³-hybridized carbons (Fsp3) is 0.235. The van der Waals surface area contributed by atoms with E-state index in [0.29, 0.717) is 18.5 Å². The third-order valence-electron chi connectivity index (χ3n) is 3.12. The highest BCUT2D eigenvalue weighted by atomic mass is 16.3. The van der Waals surface area contributed by atoms with Crippen LogP contribution in [0.3, 0.4) is 0 Å². The Kier molecular flexibility index (Phi) is 5.33. The minimum Gasteiger partial charge on any atom is -0.396 e. The van der Waals surface area contributed by atoms with Crippen LogP contribution in [0, 0.1) is 0 Å². The average molecular weight is 269 g/mol. The van der Waals surface area contributed by atoms with Crippen molar-refractivity contribution >= 4 is 5.91 Å². The highest BCUT2D eigenvalue weighted by molar-refractivity contribution is 5.95. The van der Waals surface area contributed by atoms with Gasteiger partial charge in [0.05, 0.1) is 0 Å². The van der Waals surface area contributed by atoms with Crippen LogP contribution < -0.4 is 5.32 Å². The molecule has 0 saturated heterocycles. The van der Waals surface area contributed by atoms with Crippen LogP contribution in [0.1, 0.15) is 27.9 Å². The Balaban J connectivity index is 2.11. The number of hydrogen-bond acceptors (Lipinski definition) is 2. The highest BCUT2D eigenvalue weighted by Crippen LogP contribution is 2.14. The molecule has 0 bridgehead atoms. The quantitative estimate of drug-likeness (QED) is 0.791. The van der Waals surface area contributed by atoms with Crippen LogP contribution >= 0.6 is 0 Å². The van der Waals surface area contributed by atoms with Crippen molar-refractivity contribution in [3.05, 3.63) is 71.3 Å². The first-order valence-electron chi connectivity index (χ1n) is 6.82. The molecule has 2 rings (SSSR count). The number of hydrogen-bond donors (Lipinski definition) is 2. The Labute approximate surface area is 119 Å². The van der Waals surface area contributed by atoms with Gasteiger partial charge >= 0.3 is 0 Å². The minimum absolute atomic E-state index is 0.0787. The van der Waals surface area contributed by atoms with E-state index in [0.717, 1.165) is 12.0 Å². The van der Waals surface area contributed by atoms with E-state index >= 15 is 0 Å². The molecule has 3 heteroatoms. The van der Waals surface area contributed by atoms with Gasteiger partial charge in [0.2, 0.25) is 0 Å². The Morgan fingerprint density at radius 3 is 2.45 bits per heavy atom. The number of carbonyl (C=O) groups excluding carboxylic acids is 1. The first-order valence-corrected chi connectivity index (χ1v) is 6.82. The molecule has 3 nitrogen and oxygen atoms in total. The van der Waals surface area contributed by atoms with Gasteiger partial charge in [-0.25, -0.2) is 0 Å². The minimum atomic E-state index is -0.0787. The molecule has 104 valence electrons. The van der Waals surface area contributed by atoms with Gasteiger partial charge in [-0.15, -0.1) is 0 Å². The summed E-state index contributed by atoms with van der Waals surface area (Å²) in [5.41, 5.74) is 2.90. The highest BCUT2D eigenvalue weighted by Gasteiger charge is 2.10. The number of carbonyl (C=O) groups is 1. The van der Waals surface area contributed by atoms with Gasteiger partial charge in [-0.05, 0) is 30.0 Å². The molecule has 0 spiro atoms. The maximum atomic E-state index is 12.1. The molecule has 0 heterocycles. The van der Waals surface area contributed by atoms with Gasteiger partial charge in [-0.3, -0.25) is 4.79 Å². The summed E-state index contributed by atoms with van der Waals surface area (Å²) in [6.07, 6.45) is 1.32. The van der Waals surface area contributed by atoms with Crippen molar-refractivity contribution in [2.75, 3.05) is 13.2 Å². The lowest BCUT2D eigenvalue weighted by Crippen LogP contribution is -2.26. The Hall–Kier alpha value is -2.13. The summed E-state index contributed by atoms with van der Waals surface area (Å²) in [7, 11) is 0. The average Bonchev–Trinajstić information content (AvgIpc) is 2.49. The van der Waals surface area contributed by atoms with Crippen LogP contribution in [0.5, 0.6) is 0 Å². The molecule has 0 aliphatic rings. The maximum absolute atomic E-state index is 12.1. The van der Waals surface area contributed by atoms with E-state index in [-0.39, 0.29) is 12.5 Å². The fourth-order valence-electron chi connectivity index (χ4n) is 2.09. The monoisotopic (exact) mass is 269 g/mol. The second kappa shape index (κ2) is 7.46. The Bertz CT molecular complexity index is 552. The summed E-state index contributed by atoms with van der Waals surface area (Å²) in [6, 6.07) is 17.7. The molecule has 0 atom stereocenters. The van der Waals surface area contributed by atoms with E-state index in [1.165, 1.54) is 5.56 Å². The molecular weight excluding hydrogens is 250 g/mol. The van der Waals surface area contributed by atoms with Gasteiger partial charge < -0.3 is 10.4 Å². The lowest BCUT2D eigenvalue weighted by molar-refractivity contribution is 0.0950. The number of aliphatic hydroxyl groups excluding tert-OH is 1. The summed E-state index contributed by atoms with van der Waals surface area (Å²) < 4.78 is 0. The molecule has 0 radical (unpaired) electrons. The predicted octanol–water partition coefficient (Wildman–Crippen LogP) is 2.39.